The second kappa shape index (κ2) is 15.7. The van der Waals surface area contributed by atoms with Crippen molar-refractivity contribution in [2.75, 3.05) is 54.7 Å². The second-order valence-corrected chi connectivity index (χ2v) is 8.41. The Labute approximate surface area is 215 Å². The van der Waals surface area contributed by atoms with E-state index in [-0.39, 0.29) is 5.78 Å². The molecule has 0 saturated carbocycles. The van der Waals surface area contributed by atoms with Gasteiger partial charge in [0, 0.05) is 12.1 Å². The third-order valence-corrected chi connectivity index (χ3v) is 5.78. The lowest BCUT2D eigenvalue weighted by atomic mass is 10.1. The SMILES string of the molecule is CCCN(CCC)CCCCOc1cc(OC)cc(OC)c1C(=O)C=Cc1ccc(OC)c(OC)c1. The molecule has 0 heterocycles. The van der Waals surface area contributed by atoms with Crippen LogP contribution in [0.5, 0.6) is 28.7 Å². The maximum atomic E-state index is 13.3. The maximum absolute atomic E-state index is 13.3. The van der Waals surface area contributed by atoms with Gasteiger partial charge in [0.15, 0.2) is 17.3 Å². The number of benzene rings is 2. The van der Waals surface area contributed by atoms with E-state index in [1.54, 1.807) is 45.6 Å². The van der Waals surface area contributed by atoms with E-state index >= 15 is 0 Å². The van der Waals surface area contributed by atoms with Crippen molar-refractivity contribution in [2.24, 2.45) is 0 Å². The fourth-order valence-electron chi connectivity index (χ4n) is 4.00. The van der Waals surface area contributed by atoms with E-state index in [2.05, 4.69) is 18.7 Å². The van der Waals surface area contributed by atoms with Gasteiger partial charge in [-0.2, -0.15) is 0 Å². The lowest BCUT2D eigenvalue weighted by molar-refractivity contribution is 0.104. The number of allylic oxidation sites excluding steroid dienone is 1. The average molecular weight is 500 g/mol. The third-order valence-electron chi connectivity index (χ3n) is 5.78. The van der Waals surface area contributed by atoms with Gasteiger partial charge in [-0.25, -0.2) is 0 Å². The molecule has 0 aliphatic carbocycles. The molecule has 0 radical (unpaired) electrons. The van der Waals surface area contributed by atoms with Gasteiger partial charge in [-0.15, -0.1) is 0 Å². The Morgan fingerprint density at radius 1 is 0.778 bits per heavy atom. The van der Waals surface area contributed by atoms with Crippen molar-refractivity contribution < 1.29 is 28.5 Å². The molecule has 2 aromatic carbocycles. The molecule has 0 spiro atoms. The van der Waals surface area contributed by atoms with Crippen molar-refractivity contribution in [3.8, 4) is 28.7 Å². The van der Waals surface area contributed by atoms with Crippen LogP contribution < -0.4 is 23.7 Å². The summed E-state index contributed by atoms with van der Waals surface area (Å²) in [7, 11) is 6.27. The van der Waals surface area contributed by atoms with E-state index < -0.39 is 0 Å². The van der Waals surface area contributed by atoms with E-state index in [0.29, 0.717) is 40.9 Å². The quantitative estimate of drug-likeness (QED) is 0.153. The molecule has 0 aromatic heterocycles. The molecule has 36 heavy (non-hydrogen) atoms. The molecule has 7 nitrogen and oxygen atoms in total. The minimum Gasteiger partial charge on any atom is -0.496 e. The summed E-state index contributed by atoms with van der Waals surface area (Å²) in [5.41, 5.74) is 1.17. The highest BCUT2D eigenvalue weighted by Gasteiger charge is 2.19. The summed E-state index contributed by atoms with van der Waals surface area (Å²) in [4.78, 5) is 15.8. The monoisotopic (exact) mass is 499 g/mol. The van der Waals surface area contributed by atoms with Crippen LogP contribution in [0.2, 0.25) is 0 Å². The first-order chi connectivity index (χ1) is 17.5. The molecule has 0 aliphatic rings. The highest BCUT2D eigenvalue weighted by atomic mass is 16.5. The van der Waals surface area contributed by atoms with Gasteiger partial charge in [0.1, 0.15) is 22.8 Å². The number of carbonyl (C=O) groups excluding carboxylic acids is 1. The van der Waals surface area contributed by atoms with Crippen molar-refractivity contribution in [2.45, 2.75) is 39.5 Å². The molecule has 0 unspecified atom stereocenters. The molecule has 0 aliphatic heterocycles. The van der Waals surface area contributed by atoms with Crippen LogP contribution in [-0.2, 0) is 0 Å². The summed E-state index contributed by atoms with van der Waals surface area (Å²) in [5, 5.41) is 0. The van der Waals surface area contributed by atoms with Gasteiger partial charge in [0.05, 0.1) is 35.0 Å². The number of ketones is 1. The normalized spacial score (nSPS) is 11.1. The highest BCUT2D eigenvalue weighted by molar-refractivity contribution is 6.10. The maximum Gasteiger partial charge on any atom is 0.193 e. The zero-order chi connectivity index (χ0) is 26.3. The number of carbonyl (C=O) groups is 1. The number of hydrogen-bond acceptors (Lipinski definition) is 7. The molecule has 0 amide bonds. The molecule has 0 fully saturated rings. The summed E-state index contributed by atoms with van der Waals surface area (Å²) < 4.78 is 27.7. The first-order valence-corrected chi connectivity index (χ1v) is 12.6. The average Bonchev–Trinajstić information content (AvgIpc) is 2.90. The number of hydrogen-bond donors (Lipinski definition) is 0. The molecule has 0 atom stereocenters. The van der Waals surface area contributed by atoms with E-state index in [9.17, 15) is 4.79 Å². The van der Waals surface area contributed by atoms with Gasteiger partial charge in [-0.1, -0.05) is 26.0 Å². The number of ether oxygens (including phenoxy) is 5. The first kappa shape index (κ1) is 29.0. The molecule has 2 rings (SSSR count). The molecule has 0 saturated heterocycles. The van der Waals surface area contributed by atoms with Gasteiger partial charge in [-0.3, -0.25) is 4.79 Å². The van der Waals surface area contributed by atoms with Gasteiger partial charge >= 0.3 is 0 Å². The zero-order valence-electron chi connectivity index (χ0n) is 22.6. The smallest absolute Gasteiger partial charge is 0.193 e. The third kappa shape index (κ3) is 8.48. The summed E-state index contributed by atoms with van der Waals surface area (Å²) >= 11 is 0. The molecular formula is C29H41NO6. The summed E-state index contributed by atoms with van der Waals surface area (Å²) in [6.45, 7) is 8.20. The first-order valence-electron chi connectivity index (χ1n) is 12.6. The van der Waals surface area contributed by atoms with Gasteiger partial charge in [0.25, 0.3) is 0 Å². The van der Waals surface area contributed by atoms with Crippen LogP contribution in [0.15, 0.2) is 36.4 Å². The Balaban J connectivity index is 2.17. The standard InChI is InChI=1S/C29H41NO6/c1-7-15-30(16-8-2)17-9-10-18-36-28-21-23(32-3)20-27(35-6)29(28)24(31)13-11-22-12-14-25(33-4)26(19-22)34-5/h11-14,19-21H,7-10,15-18H2,1-6H3. The van der Waals surface area contributed by atoms with Crippen molar-refractivity contribution in [1.29, 1.82) is 0 Å². The van der Waals surface area contributed by atoms with E-state index in [4.69, 9.17) is 23.7 Å². The largest absolute Gasteiger partial charge is 0.496 e. The van der Waals surface area contributed by atoms with Gasteiger partial charge < -0.3 is 28.6 Å². The van der Waals surface area contributed by atoms with E-state index in [0.717, 1.165) is 50.9 Å². The molecular weight excluding hydrogens is 458 g/mol. The minimum absolute atomic E-state index is 0.226. The molecule has 198 valence electrons. The van der Waals surface area contributed by atoms with Crippen molar-refractivity contribution in [1.82, 2.24) is 4.90 Å². The molecule has 0 bridgehead atoms. The van der Waals surface area contributed by atoms with Crippen molar-refractivity contribution in [3.05, 3.63) is 47.5 Å². The lowest BCUT2D eigenvalue weighted by Crippen LogP contribution is -2.26. The molecule has 7 heteroatoms. The number of nitrogens with zero attached hydrogens (tertiary/aromatic N) is 1. The van der Waals surface area contributed by atoms with Crippen LogP contribution >= 0.6 is 0 Å². The van der Waals surface area contributed by atoms with Gasteiger partial charge in [0.2, 0.25) is 0 Å². The summed E-state index contributed by atoms with van der Waals surface area (Å²) in [6, 6.07) is 8.89. The number of methoxy groups -OCH3 is 4. The Bertz CT molecular complexity index is 982. The Morgan fingerprint density at radius 3 is 2.06 bits per heavy atom. The van der Waals surface area contributed by atoms with E-state index in [1.165, 1.54) is 13.2 Å². The lowest BCUT2D eigenvalue weighted by Gasteiger charge is -2.21. The molecule has 0 N–H and O–H groups in total. The fraction of sp³-hybridized carbons (Fsp3) is 0.483. The van der Waals surface area contributed by atoms with E-state index in [1.807, 2.05) is 12.1 Å². The summed E-state index contributed by atoms with van der Waals surface area (Å²) in [6.07, 6.45) is 7.46. The minimum atomic E-state index is -0.226. The predicted molar refractivity (Wildman–Crippen MR) is 144 cm³/mol. The van der Waals surface area contributed by atoms with Crippen LogP contribution in [0.1, 0.15) is 55.5 Å². The van der Waals surface area contributed by atoms with Crippen LogP contribution in [0.25, 0.3) is 6.08 Å². The summed E-state index contributed by atoms with van der Waals surface area (Å²) in [5.74, 6) is 2.42. The van der Waals surface area contributed by atoms with Crippen LogP contribution in [0.3, 0.4) is 0 Å². The van der Waals surface area contributed by atoms with Gasteiger partial charge in [-0.05, 0) is 69.1 Å². The number of rotatable bonds is 17. The fourth-order valence-corrected chi connectivity index (χ4v) is 4.00. The Kier molecular flexibility index (Phi) is 12.7. The Hall–Kier alpha value is -3.19. The van der Waals surface area contributed by atoms with Crippen LogP contribution in [0, 0.1) is 0 Å². The molecule has 2 aromatic rings. The topological polar surface area (TPSA) is 66.5 Å². The highest BCUT2D eigenvalue weighted by Crippen LogP contribution is 2.35. The predicted octanol–water partition coefficient (Wildman–Crippen LogP) is 5.90. The van der Waals surface area contributed by atoms with Crippen molar-refractivity contribution >= 4 is 11.9 Å². The Morgan fingerprint density at radius 2 is 1.44 bits per heavy atom. The van der Waals surface area contributed by atoms with Crippen LogP contribution in [-0.4, -0.2) is 65.4 Å². The zero-order valence-corrected chi connectivity index (χ0v) is 22.6. The number of unbranched alkanes of at least 4 members (excludes halogenated alkanes) is 1. The van der Waals surface area contributed by atoms with Crippen molar-refractivity contribution in [3.63, 3.8) is 0 Å². The second-order valence-electron chi connectivity index (χ2n) is 8.41. The van der Waals surface area contributed by atoms with Crippen LogP contribution in [0.4, 0.5) is 0 Å².